The Balaban J connectivity index is 2.14. The molecule has 5 heteroatoms. The van der Waals surface area contributed by atoms with Gasteiger partial charge in [0.25, 0.3) is 5.88 Å². The van der Waals surface area contributed by atoms with Crippen molar-refractivity contribution < 1.29 is 9.13 Å². The van der Waals surface area contributed by atoms with Crippen molar-refractivity contribution in [1.29, 1.82) is 0 Å². The van der Waals surface area contributed by atoms with Crippen molar-refractivity contribution in [3.05, 3.63) is 17.8 Å². The van der Waals surface area contributed by atoms with Crippen molar-refractivity contribution in [2.45, 2.75) is 13.0 Å². The fraction of sp³-hybridized carbons (Fsp3) is 0.500. The summed E-state index contributed by atoms with van der Waals surface area (Å²) in [6.45, 7) is 3.09. The van der Waals surface area contributed by atoms with Crippen LogP contribution >= 0.6 is 0 Å². The standard InChI is InChI=1S/C8H10FN3O/c1-5-7(9)8(12-4-11-5)13-6-2-10-3-6/h4,6,10H,2-3H2,1H3. The van der Waals surface area contributed by atoms with E-state index in [0.717, 1.165) is 13.1 Å². The lowest BCUT2D eigenvalue weighted by molar-refractivity contribution is 0.129. The number of halogens is 1. The van der Waals surface area contributed by atoms with E-state index < -0.39 is 5.82 Å². The average molecular weight is 183 g/mol. The topological polar surface area (TPSA) is 47.0 Å². The Morgan fingerprint density at radius 3 is 2.92 bits per heavy atom. The number of nitrogens with one attached hydrogen (secondary N) is 1. The van der Waals surface area contributed by atoms with Gasteiger partial charge in [0.2, 0.25) is 5.82 Å². The Hall–Kier alpha value is -1.23. The minimum absolute atomic E-state index is 0.0452. The molecule has 1 N–H and O–H groups in total. The third kappa shape index (κ3) is 1.60. The Morgan fingerprint density at radius 1 is 1.54 bits per heavy atom. The van der Waals surface area contributed by atoms with Crippen LogP contribution in [0.2, 0.25) is 0 Å². The van der Waals surface area contributed by atoms with Crippen molar-refractivity contribution in [3.8, 4) is 5.88 Å². The van der Waals surface area contributed by atoms with Crippen LogP contribution in [0.1, 0.15) is 5.69 Å². The second-order valence-electron chi connectivity index (χ2n) is 2.98. The molecule has 0 saturated carbocycles. The van der Waals surface area contributed by atoms with Gasteiger partial charge in [0.15, 0.2) is 0 Å². The second-order valence-corrected chi connectivity index (χ2v) is 2.98. The van der Waals surface area contributed by atoms with Gasteiger partial charge in [0.05, 0.1) is 5.69 Å². The molecule has 2 rings (SSSR count). The van der Waals surface area contributed by atoms with Crippen LogP contribution in [0.3, 0.4) is 0 Å². The number of nitrogens with zero attached hydrogens (tertiary/aromatic N) is 2. The fourth-order valence-electron chi connectivity index (χ4n) is 1.02. The van der Waals surface area contributed by atoms with Crippen molar-refractivity contribution >= 4 is 0 Å². The van der Waals surface area contributed by atoms with Gasteiger partial charge < -0.3 is 10.1 Å². The number of hydrogen-bond acceptors (Lipinski definition) is 4. The van der Waals surface area contributed by atoms with Gasteiger partial charge in [0.1, 0.15) is 12.4 Å². The Labute approximate surface area is 75.2 Å². The van der Waals surface area contributed by atoms with Gasteiger partial charge in [-0.3, -0.25) is 0 Å². The predicted octanol–water partition coefficient (Wildman–Crippen LogP) is 0.275. The van der Waals surface area contributed by atoms with E-state index >= 15 is 0 Å². The lowest BCUT2D eigenvalue weighted by atomic mass is 10.2. The summed E-state index contributed by atoms with van der Waals surface area (Å²) < 4.78 is 18.5. The normalized spacial score (nSPS) is 16.8. The highest BCUT2D eigenvalue weighted by atomic mass is 19.1. The average Bonchev–Trinajstić information content (AvgIpc) is 2.04. The highest BCUT2D eigenvalue weighted by Crippen LogP contribution is 2.16. The first-order valence-corrected chi connectivity index (χ1v) is 4.12. The van der Waals surface area contributed by atoms with Crippen LogP contribution in [-0.4, -0.2) is 29.2 Å². The number of rotatable bonds is 2. The Morgan fingerprint density at radius 2 is 2.31 bits per heavy atom. The molecule has 70 valence electrons. The maximum Gasteiger partial charge on any atom is 0.254 e. The van der Waals surface area contributed by atoms with E-state index in [1.165, 1.54) is 6.33 Å². The van der Waals surface area contributed by atoms with Crippen LogP contribution in [0.4, 0.5) is 4.39 Å². The molecule has 0 aromatic carbocycles. The molecule has 4 nitrogen and oxygen atoms in total. The molecule has 0 aliphatic carbocycles. The van der Waals surface area contributed by atoms with Crippen molar-refractivity contribution in [3.63, 3.8) is 0 Å². The Kier molecular flexibility index (Phi) is 2.10. The lowest BCUT2D eigenvalue weighted by Gasteiger charge is -2.27. The molecule has 13 heavy (non-hydrogen) atoms. The van der Waals surface area contributed by atoms with Gasteiger partial charge in [-0.05, 0) is 6.92 Å². The van der Waals surface area contributed by atoms with Crippen LogP contribution in [-0.2, 0) is 0 Å². The summed E-state index contributed by atoms with van der Waals surface area (Å²) in [7, 11) is 0. The largest absolute Gasteiger partial charge is 0.469 e. The van der Waals surface area contributed by atoms with E-state index in [2.05, 4.69) is 15.3 Å². The molecule has 1 aromatic heterocycles. The molecule has 0 atom stereocenters. The summed E-state index contributed by atoms with van der Waals surface area (Å²) in [6.07, 6.45) is 1.35. The molecular formula is C8H10FN3O. The molecule has 1 saturated heterocycles. The molecule has 0 radical (unpaired) electrons. The van der Waals surface area contributed by atoms with Crippen molar-refractivity contribution in [2.24, 2.45) is 0 Å². The number of aromatic nitrogens is 2. The molecule has 0 spiro atoms. The van der Waals surface area contributed by atoms with E-state index in [9.17, 15) is 4.39 Å². The van der Waals surface area contributed by atoms with Crippen LogP contribution in [0, 0.1) is 12.7 Å². The summed E-state index contributed by atoms with van der Waals surface area (Å²) in [5, 5.41) is 3.02. The maximum absolute atomic E-state index is 13.3. The van der Waals surface area contributed by atoms with Crippen LogP contribution in [0.5, 0.6) is 5.88 Å². The summed E-state index contributed by atoms with van der Waals surface area (Å²) in [5.41, 5.74) is 0.317. The van der Waals surface area contributed by atoms with Gasteiger partial charge in [-0.15, -0.1) is 0 Å². The summed E-state index contributed by atoms with van der Waals surface area (Å²) in [4.78, 5) is 7.43. The SMILES string of the molecule is Cc1ncnc(OC2CNC2)c1F. The monoisotopic (exact) mass is 183 g/mol. The predicted molar refractivity (Wildman–Crippen MR) is 44.0 cm³/mol. The summed E-state index contributed by atoms with van der Waals surface area (Å²) in [6, 6.07) is 0. The molecule has 0 bridgehead atoms. The molecule has 2 heterocycles. The van der Waals surface area contributed by atoms with Crippen molar-refractivity contribution in [2.75, 3.05) is 13.1 Å². The zero-order valence-electron chi connectivity index (χ0n) is 7.25. The minimum Gasteiger partial charge on any atom is -0.469 e. The molecule has 1 aliphatic heterocycles. The van der Waals surface area contributed by atoms with Gasteiger partial charge in [0, 0.05) is 13.1 Å². The highest BCUT2D eigenvalue weighted by Gasteiger charge is 2.21. The number of ether oxygens (including phenoxy) is 1. The minimum atomic E-state index is -0.464. The molecule has 1 aromatic rings. The van der Waals surface area contributed by atoms with Gasteiger partial charge >= 0.3 is 0 Å². The van der Waals surface area contributed by atoms with Crippen LogP contribution in [0.15, 0.2) is 6.33 Å². The van der Waals surface area contributed by atoms with Gasteiger partial charge in [-0.2, -0.15) is 9.37 Å². The molecule has 1 aliphatic rings. The lowest BCUT2D eigenvalue weighted by Crippen LogP contribution is -2.50. The number of hydrogen-bond donors (Lipinski definition) is 1. The molecule has 0 amide bonds. The maximum atomic E-state index is 13.3. The third-order valence-corrected chi connectivity index (χ3v) is 1.95. The van der Waals surface area contributed by atoms with E-state index in [4.69, 9.17) is 4.74 Å². The molecule has 0 unspecified atom stereocenters. The third-order valence-electron chi connectivity index (χ3n) is 1.95. The van der Waals surface area contributed by atoms with E-state index in [0.29, 0.717) is 5.69 Å². The van der Waals surface area contributed by atoms with E-state index in [1.54, 1.807) is 6.92 Å². The smallest absolute Gasteiger partial charge is 0.254 e. The fourth-order valence-corrected chi connectivity index (χ4v) is 1.02. The van der Waals surface area contributed by atoms with Gasteiger partial charge in [-0.25, -0.2) is 4.98 Å². The first-order valence-electron chi connectivity index (χ1n) is 4.12. The first kappa shape index (κ1) is 8.37. The molecular weight excluding hydrogens is 173 g/mol. The molecule has 1 fully saturated rings. The summed E-state index contributed by atoms with van der Waals surface area (Å²) in [5.74, 6) is -0.409. The van der Waals surface area contributed by atoms with Crippen LogP contribution in [0.25, 0.3) is 0 Å². The van der Waals surface area contributed by atoms with Crippen molar-refractivity contribution in [1.82, 2.24) is 15.3 Å². The quantitative estimate of drug-likeness (QED) is 0.715. The first-order chi connectivity index (χ1) is 6.27. The zero-order chi connectivity index (χ0) is 9.26. The zero-order valence-corrected chi connectivity index (χ0v) is 7.25. The van der Waals surface area contributed by atoms with Crippen LogP contribution < -0.4 is 10.1 Å². The van der Waals surface area contributed by atoms with E-state index in [-0.39, 0.29) is 12.0 Å². The second kappa shape index (κ2) is 3.26. The summed E-state index contributed by atoms with van der Waals surface area (Å²) >= 11 is 0. The van der Waals surface area contributed by atoms with Gasteiger partial charge in [-0.1, -0.05) is 0 Å². The number of aryl methyl sites for hydroxylation is 1. The Bertz CT molecular complexity index is 314. The van der Waals surface area contributed by atoms with E-state index in [1.807, 2.05) is 0 Å². The highest BCUT2D eigenvalue weighted by molar-refractivity contribution is 5.16.